The molecule has 0 saturated carbocycles. The molecule has 3 nitrogen and oxygen atoms in total. The number of aromatic nitrogens is 2. The van der Waals surface area contributed by atoms with Crippen molar-refractivity contribution in [3.63, 3.8) is 0 Å². The van der Waals surface area contributed by atoms with Crippen LogP contribution in [0.5, 0.6) is 0 Å². The maximum Gasteiger partial charge on any atom is 0.182 e. The van der Waals surface area contributed by atoms with Crippen molar-refractivity contribution >= 4 is 22.0 Å². The predicted octanol–water partition coefficient (Wildman–Crippen LogP) is 2.68. The summed E-state index contributed by atoms with van der Waals surface area (Å²) < 4.78 is 5.32. The van der Waals surface area contributed by atoms with Gasteiger partial charge in [-0.15, -0.1) is 0 Å². The van der Waals surface area contributed by atoms with Gasteiger partial charge in [-0.3, -0.25) is 4.98 Å². The summed E-state index contributed by atoms with van der Waals surface area (Å²) in [5.74, 6) is 0. The Morgan fingerprint density at radius 3 is 3.00 bits per heavy atom. The SMILES string of the molecule is Cc1ccc2c(c1)ncc1ncoc12. The van der Waals surface area contributed by atoms with Crippen molar-refractivity contribution in [2.75, 3.05) is 0 Å². The zero-order valence-electron chi connectivity index (χ0n) is 7.69. The Labute approximate surface area is 80.4 Å². The minimum Gasteiger partial charge on any atom is -0.443 e. The maximum atomic E-state index is 5.32. The Bertz CT molecular complexity index is 613. The van der Waals surface area contributed by atoms with Crippen molar-refractivity contribution < 1.29 is 4.42 Å². The van der Waals surface area contributed by atoms with E-state index in [0.29, 0.717) is 0 Å². The number of aryl methyl sites for hydroxylation is 1. The topological polar surface area (TPSA) is 38.9 Å². The van der Waals surface area contributed by atoms with Crippen LogP contribution in [0.25, 0.3) is 22.0 Å². The summed E-state index contributed by atoms with van der Waals surface area (Å²) in [7, 11) is 0. The average Bonchev–Trinajstić information content (AvgIpc) is 2.65. The van der Waals surface area contributed by atoms with Gasteiger partial charge in [0, 0.05) is 5.39 Å². The van der Waals surface area contributed by atoms with Crippen LogP contribution in [0.3, 0.4) is 0 Å². The molecule has 0 aliphatic carbocycles. The highest BCUT2D eigenvalue weighted by atomic mass is 16.3. The van der Waals surface area contributed by atoms with Crippen molar-refractivity contribution in [3.05, 3.63) is 36.4 Å². The van der Waals surface area contributed by atoms with Gasteiger partial charge >= 0.3 is 0 Å². The van der Waals surface area contributed by atoms with E-state index in [4.69, 9.17) is 4.42 Å². The van der Waals surface area contributed by atoms with E-state index >= 15 is 0 Å². The quantitative estimate of drug-likeness (QED) is 0.539. The predicted molar refractivity (Wildman–Crippen MR) is 54.0 cm³/mol. The summed E-state index contributed by atoms with van der Waals surface area (Å²) >= 11 is 0. The Hall–Kier alpha value is -1.90. The fourth-order valence-corrected chi connectivity index (χ4v) is 1.62. The highest BCUT2D eigenvalue weighted by Crippen LogP contribution is 2.22. The summed E-state index contributed by atoms with van der Waals surface area (Å²) in [6.45, 7) is 2.05. The second kappa shape index (κ2) is 2.54. The molecule has 0 amide bonds. The largest absolute Gasteiger partial charge is 0.443 e. The molecule has 0 atom stereocenters. The van der Waals surface area contributed by atoms with Crippen LogP contribution < -0.4 is 0 Å². The van der Waals surface area contributed by atoms with E-state index in [1.54, 1.807) is 6.20 Å². The van der Waals surface area contributed by atoms with E-state index < -0.39 is 0 Å². The van der Waals surface area contributed by atoms with Crippen LogP contribution in [0.4, 0.5) is 0 Å². The molecular weight excluding hydrogens is 176 g/mol. The minimum absolute atomic E-state index is 0.807. The van der Waals surface area contributed by atoms with Crippen LogP contribution in [-0.2, 0) is 0 Å². The Kier molecular flexibility index (Phi) is 1.36. The highest BCUT2D eigenvalue weighted by Gasteiger charge is 2.04. The van der Waals surface area contributed by atoms with Crippen LogP contribution in [0.1, 0.15) is 5.56 Å². The number of fused-ring (bicyclic) bond motifs is 3. The lowest BCUT2D eigenvalue weighted by Crippen LogP contribution is -1.81. The van der Waals surface area contributed by atoms with Gasteiger partial charge in [-0.05, 0) is 24.6 Å². The molecule has 14 heavy (non-hydrogen) atoms. The van der Waals surface area contributed by atoms with Gasteiger partial charge in [0.1, 0.15) is 5.52 Å². The summed E-state index contributed by atoms with van der Waals surface area (Å²) in [5, 5.41) is 1.02. The molecule has 3 rings (SSSR count). The van der Waals surface area contributed by atoms with Crippen LogP contribution in [0.2, 0.25) is 0 Å². The molecule has 68 valence electrons. The maximum absolute atomic E-state index is 5.32. The van der Waals surface area contributed by atoms with Crippen LogP contribution in [-0.4, -0.2) is 9.97 Å². The zero-order valence-corrected chi connectivity index (χ0v) is 7.69. The normalized spacial score (nSPS) is 11.2. The van der Waals surface area contributed by atoms with Crippen LogP contribution >= 0.6 is 0 Å². The van der Waals surface area contributed by atoms with E-state index in [1.807, 2.05) is 25.1 Å². The Balaban J connectivity index is 2.57. The summed E-state index contributed by atoms with van der Waals surface area (Å²) in [4.78, 5) is 8.38. The fraction of sp³-hybridized carbons (Fsp3) is 0.0909. The number of pyridine rings is 1. The fourth-order valence-electron chi connectivity index (χ4n) is 1.62. The molecule has 1 aromatic carbocycles. The van der Waals surface area contributed by atoms with Crippen LogP contribution in [0, 0.1) is 6.92 Å². The lowest BCUT2D eigenvalue weighted by molar-refractivity contribution is 0.605. The standard InChI is InChI=1S/C11H8N2O/c1-7-2-3-8-9(4-7)12-5-10-11(8)14-6-13-10/h2-6H,1H3. The molecule has 0 aliphatic rings. The molecule has 0 unspecified atom stereocenters. The zero-order chi connectivity index (χ0) is 9.54. The lowest BCUT2D eigenvalue weighted by Gasteiger charge is -1.97. The number of nitrogens with zero attached hydrogens (tertiary/aromatic N) is 2. The van der Waals surface area contributed by atoms with Crippen molar-refractivity contribution in [2.24, 2.45) is 0 Å². The van der Waals surface area contributed by atoms with Gasteiger partial charge in [0.2, 0.25) is 0 Å². The van der Waals surface area contributed by atoms with Crippen molar-refractivity contribution in [1.82, 2.24) is 9.97 Å². The summed E-state index contributed by atoms with van der Waals surface area (Å²) in [6.07, 6.45) is 3.19. The van der Waals surface area contributed by atoms with Crippen LogP contribution in [0.15, 0.2) is 35.2 Å². The van der Waals surface area contributed by atoms with E-state index in [1.165, 1.54) is 12.0 Å². The van der Waals surface area contributed by atoms with Gasteiger partial charge in [-0.1, -0.05) is 6.07 Å². The summed E-state index contributed by atoms with van der Waals surface area (Å²) in [6, 6.07) is 6.11. The minimum atomic E-state index is 0.807. The molecule has 2 heterocycles. The number of rotatable bonds is 0. The average molecular weight is 184 g/mol. The van der Waals surface area contributed by atoms with Gasteiger partial charge < -0.3 is 4.42 Å². The molecule has 0 saturated heterocycles. The highest BCUT2D eigenvalue weighted by molar-refractivity contribution is 6.00. The second-order valence-corrected chi connectivity index (χ2v) is 3.35. The third kappa shape index (κ3) is 0.923. The van der Waals surface area contributed by atoms with E-state index in [2.05, 4.69) is 9.97 Å². The molecule has 0 spiro atoms. The Morgan fingerprint density at radius 1 is 1.14 bits per heavy atom. The van der Waals surface area contributed by atoms with Gasteiger partial charge in [0.15, 0.2) is 12.0 Å². The van der Waals surface area contributed by atoms with Gasteiger partial charge in [0.25, 0.3) is 0 Å². The number of hydrogen-bond acceptors (Lipinski definition) is 3. The van der Waals surface area contributed by atoms with E-state index in [-0.39, 0.29) is 0 Å². The molecule has 0 aliphatic heterocycles. The molecule has 3 aromatic rings. The third-order valence-corrected chi connectivity index (χ3v) is 2.32. The van der Waals surface area contributed by atoms with Gasteiger partial charge in [0.05, 0.1) is 11.7 Å². The third-order valence-electron chi connectivity index (χ3n) is 2.32. The number of benzene rings is 1. The molecule has 0 radical (unpaired) electrons. The first-order valence-electron chi connectivity index (χ1n) is 4.43. The molecule has 3 heteroatoms. The first-order chi connectivity index (χ1) is 6.84. The molecule has 2 aromatic heterocycles. The van der Waals surface area contributed by atoms with E-state index in [0.717, 1.165) is 22.0 Å². The number of hydrogen-bond donors (Lipinski definition) is 0. The molecule has 0 bridgehead atoms. The van der Waals surface area contributed by atoms with Crippen molar-refractivity contribution in [2.45, 2.75) is 6.92 Å². The number of oxazole rings is 1. The van der Waals surface area contributed by atoms with Gasteiger partial charge in [-0.2, -0.15) is 0 Å². The second-order valence-electron chi connectivity index (χ2n) is 3.35. The van der Waals surface area contributed by atoms with Crippen molar-refractivity contribution in [3.8, 4) is 0 Å². The lowest BCUT2D eigenvalue weighted by atomic mass is 10.1. The first-order valence-corrected chi connectivity index (χ1v) is 4.43. The van der Waals surface area contributed by atoms with Crippen molar-refractivity contribution in [1.29, 1.82) is 0 Å². The smallest absolute Gasteiger partial charge is 0.182 e. The van der Waals surface area contributed by atoms with Gasteiger partial charge in [-0.25, -0.2) is 4.98 Å². The monoisotopic (exact) mass is 184 g/mol. The molecule has 0 N–H and O–H groups in total. The first kappa shape index (κ1) is 7.50. The summed E-state index contributed by atoms with van der Waals surface area (Å²) in [5.41, 5.74) is 3.77. The Morgan fingerprint density at radius 2 is 2.07 bits per heavy atom. The molecular formula is C11H8N2O. The van der Waals surface area contributed by atoms with E-state index in [9.17, 15) is 0 Å². The molecule has 0 fully saturated rings.